The number of aromatic nitrogens is 2. The van der Waals surface area contributed by atoms with E-state index in [9.17, 15) is 0 Å². The van der Waals surface area contributed by atoms with Gasteiger partial charge in [0.15, 0.2) is 0 Å². The Morgan fingerprint density at radius 2 is 2.29 bits per heavy atom. The zero-order valence-corrected chi connectivity index (χ0v) is 10.4. The third kappa shape index (κ3) is 2.02. The standard InChI is InChI=1S/C11H17BrN2/c1-8-3-4-10(12)5-11(8)9-6-13-14(2)7-9/h6-8,10-11H,3-5H2,1-2H3. The predicted molar refractivity (Wildman–Crippen MR) is 61.7 cm³/mol. The van der Waals surface area contributed by atoms with Gasteiger partial charge in [-0.05, 0) is 36.7 Å². The molecule has 2 nitrogen and oxygen atoms in total. The van der Waals surface area contributed by atoms with E-state index in [1.54, 1.807) is 0 Å². The second-order valence-electron chi connectivity index (χ2n) is 4.44. The molecule has 1 aromatic rings. The van der Waals surface area contributed by atoms with E-state index in [4.69, 9.17) is 0 Å². The molecule has 3 atom stereocenters. The Morgan fingerprint density at radius 1 is 1.50 bits per heavy atom. The van der Waals surface area contributed by atoms with Crippen LogP contribution < -0.4 is 0 Å². The van der Waals surface area contributed by atoms with Crippen LogP contribution >= 0.6 is 15.9 Å². The molecule has 0 aliphatic heterocycles. The lowest BCUT2D eigenvalue weighted by molar-refractivity contribution is 0.340. The normalized spacial score (nSPS) is 33.2. The summed E-state index contributed by atoms with van der Waals surface area (Å²) in [5.74, 6) is 1.50. The highest BCUT2D eigenvalue weighted by Gasteiger charge is 2.28. The van der Waals surface area contributed by atoms with Crippen molar-refractivity contribution in [3.63, 3.8) is 0 Å². The summed E-state index contributed by atoms with van der Waals surface area (Å²) in [6, 6.07) is 0. The Kier molecular flexibility index (Phi) is 2.96. The van der Waals surface area contributed by atoms with Crippen LogP contribution in [0.2, 0.25) is 0 Å². The number of aryl methyl sites for hydroxylation is 1. The van der Waals surface area contributed by atoms with E-state index in [-0.39, 0.29) is 0 Å². The maximum Gasteiger partial charge on any atom is 0.0524 e. The molecule has 0 spiro atoms. The topological polar surface area (TPSA) is 17.8 Å². The Labute approximate surface area is 93.8 Å². The van der Waals surface area contributed by atoms with Gasteiger partial charge >= 0.3 is 0 Å². The summed E-state index contributed by atoms with van der Waals surface area (Å²) < 4.78 is 1.90. The number of hydrogen-bond donors (Lipinski definition) is 0. The van der Waals surface area contributed by atoms with E-state index in [0.717, 1.165) is 5.92 Å². The molecule has 2 rings (SSSR count). The van der Waals surface area contributed by atoms with Crippen molar-refractivity contribution >= 4 is 15.9 Å². The average molecular weight is 257 g/mol. The molecule has 78 valence electrons. The summed E-state index contributed by atoms with van der Waals surface area (Å²) in [6.45, 7) is 2.36. The first-order valence-corrected chi connectivity index (χ1v) is 6.21. The van der Waals surface area contributed by atoms with Gasteiger partial charge in [-0.3, -0.25) is 4.68 Å². The van der Waals surface area contributed by atoms with Crippen molar-refractivity contribution in [1.82, 2.24) is 9.78 Å². The molecule has 0 aromatic carbocycles. The molecule has 1 saturated carbocycles. The van der Waals surface area contributed by atoms with Gasteiger partial charge in [0.25, 0.3) is 0 Å². The van der Waals surface area contributed by atoms with Crippen LogP contribution in [-0.2, 0) is 7.05 Å². The van der Waals surface area contributed by atoms with E-state index in [2.05, 4.69) is 34.1 Å². The molecule has 0 radical (unpaired) electrons. The number of halogens is 1. The van der Waals surface area contributed by atoms with E-state index >= 15 is 0 Å². The Hall–Kier alpha value is -0.310. The second-order valence-corrected chi connectivity index (χ2v) is 5.74. The van der Waals surface area contributed by atoms with E-state index < -0.39 is 0 Å². The summed E-state index contributed by atoms with van der Waals surface area (Å²) >= 11 is 3.73. The van der Waals surface area contributed by atoms with Crippen molar-refractivity contribution in [3.05, 3.63) is 18.0 Å². The minimum Gasteiger partial charge on any atom is -0.276 e. The van der Waals surface area contributed by atoms with Gasteiger partial charge in [-0.15, -0.1) is 0 Å². The smallest absolute Gasteiger partial charge is 0.0524 e. The maximum absolute atomic E-state index is 4.25. The predicted octanol–water partition coefficient (Wildman–Crippen LogP) is 3.09. The largest absolute Gasteiger partial charge is 0.276 e. The van der Waals surface area contributed by atoms with Crippen molar-refractivity contribution in [1.29, 1.82) is 0 Å². The van der Waals surface area contributed by atoms with Crippen LogP contribution in [0.4, 0.5) is 0 Å². The molecule has 1 fully saturated rings. The molecule has 1 aliphatic rings. The highest BCUT2D eigenvalue weighted by Crippen LogP contribution is 2.39. The van der Waals surface area contributed by atoms with Gasteiger partial charge in [0.1, 0.15) is 0 Å². The molecule has 1 heterocycles. The van der Waals surface area contributed by atoms with E-state index in [1.807, 2.05) is 17.9 Å². The number of rotatable bonds is 1. The third-order valence-electron chi connectivity index (χ3n) is 3.28. The molecule has 0 amide bonds. The zero-order valence-electron chi connectivity index (χ0n) is 8.78. The number of alkyl halides is 1. The lowest BCUT2D eigenvalue weighted by Crippen LogP contribution is -2.21. The molecule has 0 bridgehead atoms. The molecule has 1 aromatic heterocycles. The van der Waals surface area contributed by atoms with Crippen LogP contribution in [0.5, 0.6) is 0 Å². The van der Waals surface area contributed by atoms with Crippen molar-refractivity contribution < 1.29 is 0 Å². The summed E-state index contributed by atoms with van der Waals surface area (Å²) in [5, 5.41) is 4.25. The van der Waals surface area contributed by atoms with Crippen molar-refractivity contribution in [3.8, 4) is 0 Å². The highest BCUT2D eigenvalue weighted by atomic mass is 79.9. The average Bonchev–Trinajstić information content (AvgIpc) is 2.56. The first-order chi connectivity index (χ1) is 6.66. The van der Waals surface area contributed by atoms with Crippen LogP contribution in [0, 0.1) is 5.92 Å². The molecule has 1 aliphatic carbocycles. The first-order valence-electron chi connectivity index (χ1n) is 5.29. The van der Waals surface area contributed by atoms with Gasteiger partial charge in [-0.1, -0.05) is 22.9 Å². The van der Waals surface area contributed by atoms with Crippen LogP contribution in [0.25, 0.3) is 0 Å². The van der Waals surface area contributed by atoms with Crippen LogP contribution in [-0.4, -0.2) is 14.6 Å². The second kappa shape index (κ2) is 4.05. The molecule has 3 unspecified atom stereocenters. The first kappa shape index (κ1) is 10.2. The molecular formula is C11H17BrN2. The number of hydrogen-bond acceptors (Lipinski definition) is 1. The third-order valence-corrected chi connectivity index (χ3v) is 4.12. The fourth-order valence-electron chi connectivity index (χ4n) is 2.37. The molecule has 14 heavy (non-hydrogen) atoms. The van der Waals surface area contributed by atoms with E-state index in [0.29, 0.717) is 10.7 Å². The maximum atomic E-state index is 4.25. The Morgan fingerprint density at radius 3 is 2.93 bits per heavy atom. The molecule has 0 N–H and O–H groups in total. The lowest BCUT2D eigenvalue weighted by atomic mass is 9.77. The van der Waals surface area contributed by atoms with Crippen LogP contribution in [0.15, 0.2) is 12.4 Å². The van der Waals surface area contributed by atoms with Crippen molar-refractivity contribution in [2.24, 2.45) is 13.0 Å². The monoisotopic (exact) mass is 256 g/mol. The SMILES string of the molecule is CC1CCC(Br)CC1c1cnn(C)c1. The van der Waals surface area contributed by atoms with E-state index in [1.165, 1.54) is 24.8 Å². The molecule has 3 heteroatoms. The number of nitrogens with zero attached hydrogens (tertiary/aromatic N) is 2. The summed E-state index contributed by atoms with van der Waals surface area (Å²) in [5.41, 5.74) is 1.41. The van der Waals surface area contributed by atoms with Gasteiger partial charge in [-0.25, -0.2) is 0 Å². The van der Waals surface area contributed by atoms with Crippen LogP contribution in [0.3, 0.4) is 0 Å². The van der Waals surface area contributed by atoms with Crippen LogP contribution in [0.1, 0.15) is 37.7 Å². The molecule has 0 saturated heterocycles. The minimum atomic E-state index is 0.696. The fourth-order valence-corrected chi connectivity index (χ4v) is 3.03. The molecular weight excluding hydrogens is 240 g/mol. The minimum absolute atomic E-state index is 0.696. The van der Waals surface area contributed by atoms with Gasteiger partial charge in [0.05, 0.1) is 6.20 Å². The lowest BCUT2D eigenvalue weighted by Gasteiger charge is -2.31. The summed E-state index contributed by atoms with van der Waals surface area (Å²) in [7, 11) is 1.99. The Balaban J connectivity index is 2.15. The van der Waals surface area contributed by atoms with Gasteiger partial charge in [0.2, 0.25) is 0 Å². The van der Waals surface area contributed by atoms with Crippen molar-refractivity contribution in [2.75, 3.05) is 0 Å². The van der Waals surface area contributed by atoms with Crippen molar-refractivity contribution in [2.45, 2.75) is 36.9 Å². The van der Waals surface area contributed by atoms with Gasteiger partial charge < -0.3 is 0 Å². The van der Waals surface area contributed by atoms with Gasteiger partial charge in [0, 0.05) is 18.1 Å². The summed E-state index contributed by atoms with van der Waals surface area (Å²) in [6.07, 6.45) is 8.08. The van der Waals surface area contributed by atoms with Gasteiger partial charge in [-0.2, -0.15) is 5.10 Å². The Bertz CT molecular complexity index is 308. The highest BCUT2D eigenvalue weighted by molar-refractivity contribution is 9.09. The summed E-state index contributed by atoms with van der Waals surface area (Å²) in [4.78, 5) is 0.698. The zero-order chi connectivity index (χ0) is 10.1. The quantitative estimate of drug-likeness (QED) is 0.707. The fraction of sp³-hybridized carbons (Fsp3) is 0.727.